The fourth-order valence-corrected chi connectivity index (χ4v) is 1.94. The highest BCUT2D eigenvalue weighted by molar-refractivity contribution is 5.67. The first-order valence-corrected chi connectivity index (χ1v) is 7.99. The van der Waals surface area contributed by atoms with E-state index < -0.39 is 11.7 Å². The summed E-state index contributed by atoms with van der Waals surface area (Å²) in [5.74, 6) is 0.125. The Hall–Kier alpha value is -2.77. The molecular weight excluding hydrogens is 325 g/mol. The molecule has 0 saturated carbocycles. The minimum absolute atomic E-state index is 0.321. The lowest BCUT2D eigenvalue weighted by Crippen LogP contribution is -2.33. The van der Waals surface area contributed by atoms with Crippen molar-refractivity contribution in [2.24, 2.45) is 10.2 Å². The van der Waals surface area contributed by atoms with Crippen molar-refractivity contribution in [2.45, 2.75) is 39.3 Å². The van der Waals surface area contributed by atoms with E-state index in [0.717, 1.165) is 0 Å². The molecule has 1 N–H and O–H groups in total. The molecule has 0 spiro atoms. The maximum absolute atomic E-state index is 12.9. The third kappa shape index (κ3) is 6.70. The lowest BCUT2D eigenvalue weighted by molar-refractivity contribution is 0.0526. The number of imidazole rings is 1. The molecule has 0 atom stereocenters. The van der Waals surface area contributed by atoms with Gasteiger partial charge in [-0.3, -0.25) is 0 Å². The van der Waals surface area contributed by atoms with Gasteiger partial charge in [0, 0.05) is 25.5 Å². The van der Waals surface area contributed by atoms with Crippen molar-refractivity contribution < 1.29 is 13.9 Å². The van der Waals surface area contributed by atoms with E-state index >= 15 is 0 Å². The van der Waals surface area contributed by atoms with E-state index in [2.05, 4.69) is 20.5 Å². The summed E-state index contributed by atoms with van der Waals surface area (Å²) in [7, 11) is 0. The first-order valence-electron chi connectivity index (χ1n) is 7.99. The van der Waals surface area contributed by atoms with E-state index in [0.29, 0.717) is 31.1 Å². The second-order valence-corrected chi connectivity index (χ2v) is 6.38. The number of hydrogen-bond donors (Lipinski definition) is 1. The zero-order valence-corrected chi connectivity index (χ0v) is 14.6. The Morgan fingerprint density at radius 1 is 1.28 bits per heavy atom. The number of hydrogen-bond acceptors (Lipinski definition) is 5. The molecule has 8 heteroatoms. The van der Waals surface area contributed by atoms with Crippen LogP contribution in [0, 0.1) is 5.82 Å². The van der Waals surface area contributed by atoms with Gasteiger partial charge in [-0.25, -0.2) is 14.2 Å². The van der Waals surface area contributed by atoms with Gasteiger partial charge in [-0.2, -0.15) is 0 Å². The summed E-state index contributed by atoms with van der Waals surface area (Å²) in [4.78, 5) is 15.7. The van der Waals surface area contributed by atoms with Gasteiger partial charge in [0.1, 0.15) is 11.4 Å². The molecule has 25 heavy (non-hydrogen) atoms. The maximum atomic E-state index is 12.9. The molecule has 0 unspecified atom stereocenters. The molecule has 0 radical (unpaired) electrons. The molecular formula is C17H22FN5O2. The van der Waals surface area contributed by atoms with Gasteiger partial charge in [-0.05, 0) is 51.5 Å². The Morgan fingerprint density at radius 3 is 2.68 bits per heavy atom. The van der Waals surface area contributed by atoms with Gasteiger partial charge in [0.15, 0.2) is 0 Å². The van der Waals surface area contributed by atoms with Gasteiger partial charge in [0.05, 0.1) is 5.69 Å². The molecule has 0 aliphatic carbocycles. The summed E-state index contributed by atoms with van der Waals surface area (Å²) in [5.41, 5.74) is 0.0325. The molecule has 134 valence electrons. The highest BCUT2D eigenvalue weighted by atomic mass is 19.1. The number of aryl methyl sites for hydroxylation is 1. The number of carbonyl (C=O) groups excluding carboxylic acids is 1. The van der Waals surface area contributed by atoms with Crippen LogP contribution in [0.5, 0.6) is 0 Å². The number of nitrogens with one attached hydrogen (secondary N) is 1. The molecule has 2 aromatic rings. The fraction of sp³-hybridized carbons (Fsp3) is 0.412. The van der Waals surface area contributed by atoms with Crippen LogP contribution < -0.4 is 5.32 Å². The maximum Gasteiger partial charge on any atom is 0.407 e. The van der Waals surface area contributed by atoms with E-state index in [1.165, 1.54) is 24.3 Å². The SMILES string of the molecule is CC(C)(C)OC(=O)NCCCn1ccnc1N=Nc1ccc(F)cc1. The van der Waals surface area contributed by atoms with Crippen molar-refractivity contribution >= 4 is 17.7 Å². The van der Waals surface area contributed by atoms with E-state index in [4.69, 9.17) is 4.74 Å². The Morgan fingerprint density at radius 2 is 2.00 bits per heavy atom. The first kappa shape index (κ1) is 18.6. The van der Waals surface area contributed by atoms with E-state index in [9.17, 15) is 9.18 Å². The molecule has 0 aliphatic rings. The number of halogens is 1. The lowest BCUT2D eigenvalue weighted by atomic mass is 10.2. The summed E-state index contributed by atoms with van der Waals surface area (Å²) in [6, 6.07) is 5.72. The van der Waals surface area contributed by atoms with Crippen molar-refractivity contribution in [1.82, 2.24) is 14.9 Å². The van der Waals surface area contributed by atoms with Gasteiger partial charge in [0.2, 0.25) is 5.95 Å². The number of nitrogens with zero attached hydrogens (tertiary/aromatic N) is 4. The minimum atomic E-state index is -0.512. The number of benzene rings is 1. The molecule has 7 nitrogen and oxygen atoms in total. The van der Waals surface area contributed by atoms with Crippen molar-refractivity contribution in [2.75, 3.05) is 6.54 Å². The standard InChI is InChI=1S/C17H22FN5O2/c1-17(2,3)25-16(24)20-9-4-11-23-12-10-19-15(23)22-21-14-7-5-13(18)6-8-14/h5-8,10,12H,4,9,11H2,1-3H3,(H,20,24). The number of rotatable bonds is 6. The normalized spacial score (nSPS) is 11.7. The summed E-state index contributed by atoms with van der Waals surface area (Å²) >= 11 is 0. The van der Waals surface area contributed by atoms with E-state index in [-0.39, 0.29) is 5.82 Å². The second-order valence-electron chi connectivity index (χ2n) is 6.38. The van der Waals surface area contributed by atoms with Crippen LogP contribution in [0.15, 0.2) is 46.9 Å². The van der Waals surface area contributed by atoms with Crippen molar-refractivity contribution in [3.8, 4) is 0 Å². The van der Waals surface area contributed by atoms with Crippen LogP contribution in [0.1, 0.15) is 27.2 Å². The van der Waals surface area contributed by atoms with Crippen LogP contribution in [0.2, 0.25) is 0 Å². The molecule has 0 saturated heterocycles. The number of azo groups is 1. The summed E-state index contributed by atoms with van der Waals surface area (Å²) < 4.78 is 19.8. The quantitative estimate of drug-likeness (QED) is 0.623. The molecule has 1 amide bonds. The smallest absolute Gasteiger partial charge is 0.407 e. The predicted molar refractivity (Wildman–Crippen MR) is 91.7 cm³/mol. The Balaban J connectivity index is 1.81. The predicted octanol–water partition coefficient (Wildman–Crippen LogP) is 4.35. The van der Waals surface area contributed by atoms with Crippen molar-refractivity contribution in [3.05, 3.63) is 42.5 Å². The number of aromatic nitrogens is 2. The summed E-state index contributed by atoms with van der Waals surface area (Å²) in [5, 5.41) is 10.8. The van der Waals surface area contributed by atoms with E-state index in [1.807, 2.05) is 25.3 Å². The van der Waals surface area contributed by atoms with Gasteiger partial charge < -0.3 is 14.6 Å². The Kier molecular flexibility index (Phi) is 6.21. The van der Waals surface area contributed by atoms with Crippen molar-refractivity contribution in [1.29, 1.82) is 0 Å². The largest absolute Gasteiger partial charge is 0.444 e. The van der Waals surface area contributed by atoms with E-state index in [1.54, 1.807) is 12.4 Å². The van der Waals surface area contributed by atoms with Gasteiger partial charge in [-0.1, -0.05) is 0 Å². The Labute approximate surface area is 145 Å². The van der Waals surface area contributed by atoms with Gasteiger partial charge in [-0.15, -0.1) is 10.2 Å². The number of carbonyl (C=O) groups is 1. The third-order valence-electron chi connectivity index (χ3n) is 3.02. The molecule has 1 aromatic carbocycles. The molecule has 2 rings (SSSR count). The van der Waals surface area contributed by atoms with Crippen LogP contribution in [-0.2, 0) is 11.3 Å². The molecule has 1 aromatic heterocycles. The molecule has 0 fully saturated rings. The molecule has 1 heterocycles. The highest BCUT2D eigenvalue weighted by Gasteiger charge is 2.15. The molecule has 0 aliphatic heterocycles. The van der Waals surface area contributed by atoms with Crippen molar-refractivity contribution in [3.63, 3.8) is 0 Å². The van der Waals surface area contributed by atoms with Gasteiger partial charge in [0.25, 0.3) is 0 Å². The average molecular weight is 347 g/mol. The van der Waals surface area contributed by atoms with Crippen LogP contribution in [0.25, 0.3) is 0 Å². The van der Waals surface area contributed by atoms with Gasteiger partial charge >= 0.3 is 6.09 Å². The monoisotopic (exact) mass is 347 g/mol. The Bertz CT molecular complexity index is 719. The van der Waals surface area contributed by atoms with Crippen LogP contribution in [0.4, 0.5) is 20.8 Å². The van der Waals surface area contributed by atoms with Crippen LogP contribution in [-0.4, -0.2) is 27.8 Å². The topological polar surface area (TPSA) is 80.9 Å². The molecule has 0 bridgehead atoms. The average Bonchev–Trinajstić information content (AvgIpc) is 2.97. The summed E-state index contributed by atoms with van der Waals surface area (Å²) in [6.45, 7) is 6.54. The second kappa shape index (κ2) is 8.36. The first-order chi connectivity index (χ1) is 11.8. The number of ether oxygens (including phenoxy) is 1. The zero-order valence-electron chi connectivity index (χ0n) is 14.6. The highest BCUT2D eigenvalue weighted by Crippen LogP contribution is 2.17. The van der Waals surface area contributed by atoms with Crippen LogP contribution in [0.3, 0.4) is 0 Å². The zero-order chi connectivity index (χ0) is 18.3. The third-order valence-corrected chi connectivity index (χ3v) is 3.02. The number of amides is 1. The summed E-state index contributed by atoms with van der Waals surface area (Å²) in [6.07, 6.45) is 3.66. The lowest BCUT2D eigenvalue weighted by Gasteiger charge is -2.19. The number of alkyl carbamates (subject to hydrolysis) is 1. The fourth-order valence-electron chi connectivity index (χ4n) is 1.94. The minimum Gasteiger partial charge on any atom is -0.444 e. The van der Waals surface area contributed by atoms with Crippen LogP contribution >= 0.6 is 0 Å².